The van der Waals surface area contributed by atoms with E-state index in [4.69, 9.17) is 14.2 Å². The minimum Gasteiger partial charge on any atom is -0.462 e. The number of unbranched alkanes of at least 4 members (excludes halogenated alkanes) is 10. The lowest BCUT2D eigenvalue weighted by Gasteiger charge is -2.18. The van der Waals surface area contributed by atoms with Gasteiger partial charge in [-0.1, -0.05) is 229 Å². The molecule has 0 aliphatic heterocycles. The second kappa shape index (κ2) is 52.4. The van der Waals surface area contributed by atoms with Gasteiger partial charge in [-0.2, -0.15) is 0 Å². The van der Waals surface area contributed by atoms with Crippen LogP contribution < -0.4 is 0 Å². The third kappa shape index (κ3) is 49.8. The quantitative estimate of drug-likeness (QED) is 0.0200. The Bertz CT molecular complexity index is 1600. The monoisotopic (exact) mass is 905 g/mol. The highest BCUT2D eigenvalue weighted by Gasteiger charge is 2.19. The topological polar surface area (TPSA) is 78.9 Å². The van der Waals surface area contributed by atoms with Crippen molar-refractivity contribution in [3.8, 4) is 0 Å². The first-order valence-electron chi connectivity index (χ1n) is 25.3. The molecule has 6 heteroatoms. The third-order valence-corrected chi connectivity index (χ3v) is 9.68. The van der Waals surface area contributed by atoms with E-state index in [1.807, 2.05) is 72.9 Å². The maximum atomic E-state index is 12.8. The van der Waals surface area contributed by atoms with Crippen LogP contribution in [0.2, 0.25) is 0 Å². The summed E-state index contributed by atoms with van der Waals surface area (Å²) >= 11 is 0. The molecule has 0 radical (unpaired) electrons. The molecule has 0 N–H and O–H groups in total. The summed E-state index contributed by atoms with van der Waals surface area (Å²) in [5.74, 6) is -1.10. The van der Waals surface area contributed by atoms with Crippen LogP contribution in [0.5, 0.6) is 0 Å². The van der Waals surface area contributed by atoms with Gasteiger partial charge in [0, 0.05) is 19.3 Å². The number of carbonyl (C=O) groups excluding carboxylic acids is 3. The Labute approximate surface area is 402 Å². The fraction of sp³-hybridized carbons (Fsp3) is 0.483. The average molecular weight is 905 g/mol. The van der Waals surface area contributed by atoms with Gasteiger partial charge in [0.25, 0.3) is 0 Å². The summed E-state index contributed by atoms with van der Waals surface area (Å²) in [4.78, 5) is 38.0. The van der Waals surface area contributed by atoms with Crippen LogP contribution in [0.25, 0.3) is 0 Å². The number of allylic oxidation sites excluding steroid dienone is 28. The van der Waals surface area contributed by atoms with Crippen molar-refractivity contribution in [2.24, 2.45) is 0 Å². The number of carbonyl (C=O) groups is 3. The largest absolute Gasteiger partial charge is 0.462 e. The normalized spacial score (nSPS) is 13.6. The summed E-state index contributed by atoms with van der Waals surface area (Å²) in [5, 5.41) is 0. The second-order valence-corrected chi connectivity index (χ2v) is 15.8. The van der Waals surface area contributed by atoms with Crippen molar-refractivity contribution < 1.29 is 28.6 Å². The summed E-state index contributed by atoms with van der Waals surface area (Å²) in [6.45, 7) is 6.10. The zero-order valence-electron chi connectivity index (χ0n) is 41.4. The molecule has 0 heterocycles. The maximum absolute atomic E-state index is 12.8. The highest BCUT2D eigenvalue weighted by Crippen LogP contribution is 2.12. The van der Waals surface area contributed by atoms with E-state index >= 15 is 0 Å². The molecule has 1 unspecified atom stereocenters. The average Bonchev–Trinajstić information content (AvgIpc) is 3.31. The van der Waals surface area contributed by atoms with E-state index in [-0.39, 0.29) is 38.0 Å². The van der Waals surface area contributed by atoms with Crippen LogP contribution in [0.3, 0.4) is 0 Å². The van der Waals surface area contributed by atoms with Crippen LogP contribution in [-0.2, 0) is 28.6 Å². The molecule has 0 spiro atoms. The summed E-state index contributed by atoms with van der Waals surface area (Å²) in [7, 11) is 0. The molecule has 0 aromatic rings. The molecular weight excluding hydrogens is 817 g/mol. The summed E-state index contributed by atoms with van der Waals surface area (Å²) in [6, 6.07) is 0. The van der Waals surface area contributed by atoms with Crippen molar-refractivity contribution in [2.75, 3.05) is 13.2 Å². The van der Waals surface area contributed by atoms with E-state index in [2.05, 4.69) is 118 Å². The number of esters is 3. The molecule has 0 aromatic carbocycles. The number of hydrogen-bond donors (Lipinski definition) is 0. The number of rotatable bonds is 42. The summed E-state index contributed by atoms with van der Waals surface area (Å²) in [5.41, 5.74) is 0. The SMILES string of the molecule is CC\C=C/C=C\C=C/C=C\C=C\C=C/CCCCCC(=O)OCC(COC(=O)CCCCCCCCC\C=C/C=C\C=C/CC)OC(=O)CC/C=C\C/C=C\C/C=C\C/C=C\C/C=C\CC. The Balaban J connectivity index is 4.66. The van der Waals surface area contributed by atoms with E-state index in [9.17, 15) is 14.4 Å². The predicted octanol–water partition coefficient (Wildman–Crippen LogP) is 16.8. The van der Waals surface area contributed by atoms with Crippen LogP contribution in [0.1, 0.15) is 168 Å². The second-order valence-electron chi connectivity index (χ2n) is 15.8. The van der Waals surface area contributed by atoms with Crippen molar-refractivity contribution in [2.45, 2.75) is 175 Å². The molecule has 0 saturated heterocycles. The minimum atomic E-state index is -0.851. The van der Waals surface area contributed by atoms with Crippen LogP contribution in [-0.4, -0.2) is 37.2 Å². The van der Waals surface area contributed by atoms with E-state index < -0.39 is 12.1 Å². The van der Waals surface area contributed by atoms with Crippen LogP contribution in [0, 0.1) is 0 Å². The van der Waals surface area contributed by atoms with Gasteiger partial charge in [-0.25, -0.2) is 0 Å². The van der Waals surface area contributed by atoms with Crippen molar-refractivity contribution >= 4 is 17.9 Å². The third-order valence-electron chi connectivity index (χ3n) is 9.68. The molecular formula is C60H88O6. The lowest BCUT2D eigenvalue weighted by Crippen LogP contribution is -2.30. The van der Waals surface area contributed by atoms with Crippen molar-refractivity contribution in [3.63, 3.8) is 0 Å². The molecule has 0 saturated carbocycles. The van der Waals surface area contributed by atoms with Crippen molar-refractivity contribution in [3.05, 3.63) is 170 Å². The fourth-order valence-electron chi connectivity index (χ4n) is 5.99. The summed E-state index contributed by atoms with van der Waals surface area (Å²) < 4.78 is 16.7. The van der Waals surface area contributed by atoms with Gasteiger partial charge in [0.1, 0.15) is 13.2 Å². The number of ether oxygens (including phenoxy) is 3. The predicted molar refractivity (Wildman–Crippen MR) is 283 cm³/mol. The van der Waals surface area contributed by atoms with Gasteiger partial charge >= 0.3 is 17.9 Å². The Hall–Kier alpha value is -5.23. The first-order valence-corrected chi connectivity index (χ1v) is 25.3. The number of hydrogen-bond acceptors (Lipinski definition) is 6. The Morgan fingerprint density at radius 2 is 0.652 bits per heavy atom. The van der Waals surface area contributed by atoms with E-state index in [0.717, 1.165) is 96.3 Å². The first kappa shape index (κ1) is 60.8. The van der Waals surface area contributed by atoms with E-state index in [1.165, 1.54) is 19.3 Å². The molecule has 364 valence electrons. The first-order chi connectivity index (χ1) is 32.5. The van der Waals surface area contributed by atoms with E-state index in [0.29, 0.717) is 19.3 Å². The zero-order chi connectivity index (χ0) is 47.9. The Morgan fingerprint density at radius 3 is 1.08 bits per heavy atom. The van der Waals surface area contributed by atoms with Crippen LogP contribution in [0.4, 0.5) is 0 Å². The standard InChI is InChI=1S/C60H88O6/c1-4-7-10-13-16-19-22-25-28-30-33-35-38-41-44-47-50-53-59(62)65-56-57(55-64-58(61)52-49-46-43-40-37-34-31-27-24-21-18-15-12-9-6-3)66-60(63)54-51-48-45-42-39-36-32-29-26-23-20-17-14-11-8-5-2/h7-13,15-22,24-26,28-30,33,35-36,38-39,45,48,57H,4-6,14,23,27,31-32,34,37,40-44,46-47,49-56H2,1-3H3/b10-7-,11-8-,12-9-,16-13-,18-15-,20-17-,22-19-,24-21-,28-25-,29-26-,33-30+,38-35-,39-36-,48-45-. The van der Waals surface area contributed by atoms with Gasteiger partial charge in [0.2, 0.25) is 0 Å². The molecule has 0 bridgehead atoms. The molecule has 0 amide bonds. The highest BCUT2D eigenvalue weighted by atomic mass is 16.6. The molecule has 0 aliphatic rings. The maximum Gasteiger partial charge on any atom is 0.306 e. The van der Waals surface area contributed by atoms with Crippen LogP contribution in [0.15, 0.2) is 170 Å². The van der Waals surface area contributed by atoms with E-state index in [1.54, 1.807) is 0 Å². The lowest BCUT2D eigenvalue weighted by atomic mass is 10.1. The smallest absolute Gasteiger partial charge is 0.306 e. The molecule has 0 rings (SSSR count). The Morgan fingerprint density at radius 1 is 0.318 bits per heavy atom. The molecule has 0 aromatic heterocycles. The fourth-order valence-corrected chi connectivity index (χ4v) is 5.99. The molecule has 6 nitrogen and oxygen atoms in total. The molecule has 0 fully saturated rings. The van der Waals surface area contributed by atoms with Crippen LogP contribution >= 0.6 is 0 Å². The van der Waals surface area contributed by atoms with Gasteiger partial charge < -0.3 is 14.2 Å². The van der Waals surface area contributed by atoms with Gasteiger partial charge in [-0.3, -0.25) is 14.4 Å². The zero-order valence-corrected chi connectivity index (χ0v) is 41.4. The van der Waals surface area contributed by atoms with Crippen molar-refractivity contribution in [1.82, 2.24) is 0 Å². The van der Waals surface area contributed by atoms with Gasteiger partial charge in [0.15, 0.2) is 6.10 Å². The molecule has 0 aliphatic carbocycles. The van der Waals surface area contributed by atoms with Gasteiger partial charge in [-0.15, -0.1) is 0 Å². The lowest BCUT2D eigenvalue weighted by molar-refractivity contribution is -0.166. The highest BCUT2D eigenvalue weighted by molar-refractivity contribution is 5.71. The molecule has 1 atom stereocenters. The Kier molecular flexibility index (Phi) is 48.2. The van der Waals surface area contributed by atoms with Gasteiger partial charge in [-0.05, 0) is 89.9 Å². The van der Waals surface area contributed by atoms with Crippen molar-refractivity contribution in [1.29, 1.82) is 0 Å². The minimum absolute atomic E-state index is 0.138. The van der Waals surface area contributed by atoms with Gasteiger partial charge in [0.05, 0.1) is 0 Å². The summed E-state index contributed by atoms with van der Waals surface area (Å²) in [6.07, 6.45) is 77.7. The molecule has 66 heavy (non-hydrogen) atoms.